The number of Topliss-reactive ketones (excluding diaryl/α,β-unsaturated/α-hetero) is 1. The molecule has 0 radical (unpaired) electrons. The normalized spacial score (nSPS) is 18.2. The van der Waals surface area contributed by atoms with E-state index in [0.29, 0.717) is 24.4 Å². The fourth-order valence-electron chi connectivity index (χ4n) is 3.70. The highest BCUT2D eigenvalue weighted by molar-refractivity contribution is 7.85. The van der Waals surface area contributed by atoms with Crippen LogP contribution in [0, 0.1) is 6.92 Å². The molecule has 1 atom stereocenters. The second-order valence-corrected chi connectivity index (χ2v) is 8.69. The molecule has 0 saturated carbocycles. The van der Waals surface area contributed by atoms with Crippen molar-refractivity contribution in [3.8, 4) is 5.75 Å². The molecule has 8 heteroatoms. The molecular formula is C20H19NO6S. The van der Waals surface area contributed by atoms with Crippen molar-refractivity contribution < 1.29 is 26.9 Å². The summed E-state index contributed by atoms with van der Waals surface area (Å²) in [4.78, 5) is 26.9. The van der Waals surface area contributed by atoms with Gasteiger partial charge < -0.3 is 4.74 Å². The van der Waals surface area contributed by atoms with E-state index in [9.17, 15) is 18.0 Å². The lowest BCUT2D eigenvalue weighted by atomic mass is 10.00. The second kappa shape index (κ2) is 6.72. The van der Waals surface area contributed by atoms with Gasteiger partial charge >= 0.3 is 0 Å². The van der Waals surface area contributed by atoms with Crippen LogP contribution in [0.4, 0.5) is 5.69 Å². The third kappa shape index (κ3) is 3.29. The predicted octanol–water partition coefficient (Wildman–Crippen LogP) is 2.00. The van der Waals surface area contributed by atoms with Gasteiger partial charge in [-0.1, -0.05) is 36.4 Å². The molecular weight excluding hydrogens is 382 g/mol. The summed E-state index contributed by atoms with van der Waals surface area (Å²) in [5.74, 6) is -0.832. The number of rotatable bonds is 5. The molecule has 0 fully saturated rings. The van der Waals surface area contributed by atoms with Gasteiger partial charge in [-0.3, -0.25) is 18.7 Å². The zero-order valence-corrected chi connectivity index (χ0v) is 16.3. The van der Waals surface area contributed by atoms with Gasteiger partial charge in [-0.2, -0.15) is 8.42 Å². The van der Waals surface area contributed by atoms with Gasteiger partial charge in [-0.15, -0.1) is 0 Å². The minimum atomic E-state index is -3.59. The number of amides is 1. The van der Waals surface area contributed by atoms with Crippen molar-refractivity contribution in [3.05, 3.63) is 58.7 Å². The van der Waals surface area contributed by atoms with Crippen molar-refractivity contribution in [1.29, 1.82) is 0 Å². The summed E-state index contributed by atoms with van der Waals surface area (Å²) >= 11 is 0. The summed E-state index contributed by atoms with van der Waals surface area (Å²) < 4.78 is 33.1. The molecule has 4 rings (SSSR count). The molecule has 1 unspecified atom stereocenters. The number of aryl methyl sites for hydroxylation is 1. The first-order chi connectivity index (χ1) is 13.2. The first kappa shape index (κ1) is 18.6. The fourth-order valence-corrected chi connectivity index (χ4v) is 4.10. The number of carbonyl (C=O) groups excluding carboxylic acids is 2. The molecule has 28 heavy (non-hydrogen) atoms. The molecule has 2 aromatic carbocycles. The van der Waals surface area contributed by atoms with Crippen LogP contribution in [0.3, 0.4) is 0 Å². The predicted molar refractivity (Wildman–Crippen MR) is 102 cm³/mol. The summed E-state index contributed by atoms with van der Waals surface area (Å²) in [6.07, 6.45) is 0.862. The Morgan fingerprint density at radius 3 is 2.61 bits per heavy atom. The summed E-state index contributed by atoms with van der Waals surface area (Å²) in [6.45, 7) is 2.00. The quantitative estimate of drug-likeness (QED) is 0.562. The topological polar surface area (TPSA) is 90.0 Å². The SMILES string of the molecule is Cc1cc2c(c3c1N(Cc1ccccc1)C(=O)C3=O)OC(COS(C)(=O)=O)C2. The number of hydrogen-bond donors (Lipinski definition) is 0. The first-order valence-electron chi connectivity index (χ1n) is 8.82. The van der Waals surface area contributed by atoms with Crippen LogP contribution in [0.15, 0.2) is 36.4 Å². The molecule has 2 aromatic rings. The summed E-state index contributed by atoms with van der Waals surface area (Å²) in [6, 6.07) is 11.3. The van der Waals surface area contributed by atoms with Crippen molar-refractivity contribution in [2.24, 2.45) is 0 Å². The van der Waals surface area contributed by atoms with Crippen molar-refractivity contribution in [2.75, 3.05) is 17.8 Å². The van der Waals surface area contributed by atoms with Gasteiger partial charge in [0, 0.05) is 6.42 Å². The summed E-state index contributed by atoms with van der Waals surface area (Å²) in [7, 11) is -3.59. The Kier molecular flexibility index (Phi) is 4.47. The minimum Gasteiger partial charge on any atom is -0.486 e. The van der Waals surface area contributed by atoms with Crippen LogP contribution < -0.4 is 9.64 Å². The number of ketones is 1. The van der Waals surface area contributed by atoms with Crippen LogP contribution in [-0.4, -0.2) is 39.1 Å². The van der Waals surface area contributed by atoms with E-state index in [1.807, 2.05) is 43.3 Å². The van der Waals surface area contributed by atoms with Gasteiger partial charge in [-0.05, 0) is 23.6 Å². The molecule has 2 aliphatic heterocycles. The molecule has 0 aliphatic carbocycles. The highest BCUT2D eigenvalue weighted by Gasteiger charge is 2.43. The first-order valence-corrected chi connectivity index (χ1v) is 10.6. The van der Waals surface area contributed by atoms with Gasteiger partial charge in [0.25, 0.3) is 21.8 Å². The van der Waals surface area contributed by atoms with Crippen LogP contribution in [0.5, 0.6) is 5.75 Å². The van der Waals surface area contributed by atoms with E-state index >= 15 is 0 Å². The molecule has 1 amide bonds. The molecule has 0 aromatic heterocycles. The van der Waals surface area contributed by atoms with Crippen molar-refractivity contribution in [2.45, 2.75) is 26.0 Å². The average Bonchev–Trinajstić information content (AvgIpc) is 3.15. The van der Waals surface area contributed by atoms with Crippen molar-refractivity contribution in [1.82, 2.24) is 0 Å². The van der Waals surface area contributed by atoms with E-state index in [1.165, 1.54) is 4.90 Å². The largest absolute Gasteiger partial charge is 0.486 e. The van der Waals surface area contributed by atoms with E-state index < -0.39 is 27.9 Å². The van der Waals surface area contributed by atoms with Crippen LogP contribution in [0.2, 0.25) is 0 Å². The lowest BCUT2D eigenvalue weighted by Crippen LogP contribution is -2.29. The molecule has 146 valence electrons. The zero-order valence-electron chi connectivity index (χ0n) is 15.5. The van der Waals surface area contributed by atoms with Gasteiger partial charge in [0.2, 0.25) is 0 Å². The van der Waals surface area contributed by atoms with Crippen molar-refractivity contribution >= 4 is 27.5 Å². The highest BCUT2D eigenvalue weighted by atomic mass is 32.2. The molecule has 2 aliphatic rings. The smallest absolute Gasteiger partial charge is 0.299 e. The molecule has 2 heterocycles. The van der Waals surface area contributed by atoms with E-state index in [-0.39, 0.29) is 12.2 Å². The van der Waals surface area contributed by atoms with Crippen LogP contribution in [0.25, 0.3) is 0 Å². The van der Waals surface area contributed by atoms with Crippen molar-refractivity contribution in [3.63, 3.8) is 0 Å². The maximum Gasteiger partial charge on any atom is 0.299 e. The Balaban J connectivity index is 1.68. The van der Waals surface area contributed by atoms with E-state index in [0.717, 1.165) is 22.9 Å². The van der Waals surface area contributed by atoms with Crippen LogP contribution in [0.1, 0.15) is 27.0 Å². The number of ether oxygens (including phenoxy) is 1. The second-order valence-electron chi connectivity index (χ2n) is 7.04. The Hall–Kier alpha value is -2.71. The number of hydrogen-bond acceptors (Lipinski definition) is 6. The van der Waals surface area contributed by atoms with Gasteiger partial charge in [-0.25, -0.2) is 0 Å². The minimum absolute atomic E-state index is 0.142. The van der Waals surface area contributed by atoms with Gasteiger partial charge in [0.1, 0.15) is 18.5 Å². The summed E-state index contributed by atoms with van der Waals surface area (Å²) in [5.41, 5.74) is 3.31. The third-order valence-corrected chi connectivity index (χ3v) is 5.40. The lowest BCUT2D eigenvalue weighted by Gasteiger charge is -2.19. The Labute approximate surface area is 163 Å². The third-order valence-electron chi connectivity index (χ3n) is 4.84. The number of nitrogens with zero attached hydrogens (tertiary/aromatic N) is 1. The average molecular weight is 401 g/mol. The Bertz CT molecular complexity index is 1080. The molecule has 7 nitrogen and oxygen atoms in total. The van der Waals surface area contributed by atoms with Crippen LogP contribution in [-0.2, 0) is 32.1 Å². The lowest BCUT2D eigenvalue weighted by molar-refractivity contribution is -0.114. The zero-order chi connectivity index (χ0) is 20.1. The van der Waals surface area contributed by atoms with E-state index in [2.05, 4.69) is 0 Å². The number of fused-ring (bicyclic) bond motifs is 3. The number of anilines is 1. The monoisotopic (exact) mass is 401 g/mol. The summed E-state index contributed by atoms with van der Waals surface area (Å²) in [5, 5.41) is 0. The van der Waals surface area contributed by atoms with Crippen LogP contribution >= 0.6 is 0 Å². The highest BCUT2D eigenvalue weighted by Crippen LogP contribution is 2.45. The molecule has 0 saturated heterocycles. The number of carbonyl (C=O) groups is 2. The maximum atomic E-state index is 12.7. The van der Waals surface area contributed by atoms with Gasteiger partial charge in [0.15, 0.2) is 0 Å². The standard InChI is InChI=1S/C20H19NO6S/c1-12-8-14-9-15(11-26-28(2,24)25)27-19(14)16-17(12)21(20(23)18(16)22)10-13-6-4-3-5-7-13/h3-8,15H,9-11H2,1-2H3. The Morgan fingerprint density at radius 2 is 1.93 bits per heavy atom. The number of benzene rings is 2. The molecule has 0 spiro atoms. The fraction of sp³-hybridized carbons (Fsp3) is 0.300. The Morgan fingerprint density at radius 1 is 1.21 bits per heavy atom. The molecule has 0 bridgehead atoms. The van der Waals surface area contributed by atoms with Gasteiger partial charge in [0.05, 0.1) is 24.1 Å². The van der Waals surface area contributed by atoms with E-state index in [1.54, 1.807) is 0 Å². The van der Waals surface area contributed by atoms with E-state index in [4.69, 9.17) is 8.92 Å². The maximum absolute atomic E-state index is 12.7. The molecule has 0 N–H and O–H groups in total.